The summed E-state index contributed by atoms with van der Waals surface area (Å²) in [5.41, 5.74) is 5.60. The predicted octanol–water partition coefficient (Wildman–Crippen LogP) is -10.6. The lowest BCUT2D eigenvalue weighted by Gasteiger charge is -2.51. The molecule has 0 spiro atoms. The molecule has 0 aromatic rings. The van der Waals surface area contributed by atoms with E-state index < -0.39 is 222 Å². The minimum Gasteiger partial charge on any atom is -0.394 e. The van der Waals surface area contributed by atoms with E-state index in [4.69, 9.17) is 62.6 Å². The van der Waals surface area contributed by atoms with E-state index in [0.717, 1.165) is 0 Å². The highest BCUT2D eigenvalue weighted by Gasteiger charge is 2.58. The molecule has 1 amide bonds. The van der Waals surface area contributed by atoms with Crippen LogP contribution in [0.5, 0.6) is 0 Å². The van der Waals surface area contributed by atoms with Crippen molar-refractivity contribution >= 4 is 5.91 Å². The van der Waals surface area contributed by atoms with Crippen LogP contribution in [0.15, 0.2) is 0 Å². The molecule has 71 heavy (non-hydrogen) atoms. The SMILES string of the molecule is CO[C@@H]1OC(CO)[C@H](O[C@H]2OC(CO)[C@@H](O)[C@H](O)C2O)[C@H](O[C@@H]2OC(CO[C@H]3OC(CO)[C@@H](O)[C@H](O)C3O)[C@@H](O)[C@H](O[C@@H]3OC(C)[C@H](O)[C@H](O[C@@H]4OC(C)[C@@H](O)[C@H](O)C4C)C3O)C2O)C1NC(C)C(N)=O. The van der Waals surface area contributed by atoms with Gasteiger partial charge in [0.05, 0.1) is 56.8 Å². The average molecular weight is 1040 g/mol. The fraction of sp³-hybridized carbons (Fsp3) is 0.976. The van der Waals surface area contributed by atoms with Crippen LogP contribution in [0, 0.1) is 5.92 Å². The van der Waals surface area contributed by atoms with Crippen LogP contribution in [-0.2, 0) is 61.6 Å². The van der Waals surface area contributed by atoms with Crippen LogP contribution >= 0.6 is 0 Å². The standard InChI is InChI=1S/C41H72N2O28/c1-10-19(47)20(48)12(3)62-36(10)70-33-21(49)13(4)63-40(29(33)57)71-34-24(52)17(9-61-38-27(55)25(53)22(50)14(6-44)64-38)67-41(30(34)58)69-32-18(43-11(2)35(42)59)37(60-5)66-16(8-46)31(32)68-39-28(56)26(54)23(51)15(7-45)65-39/h10-34,36-41,43-58H,6-9H2,1-5H3,(H2,42,59)/t10?,11?,12?,13?,14?,15?,16?,17?,18?,19-,20-,21+,22-,23-,24-,25+,26+,27?,28?,29?,30?,31+,32-,33+,34+,36+,37-,38+,39-,40+,41+/m1/s1. The van der Waals surface area contributed by atoms with Gasteiger partial charge in [-0.1, -0.05) is 6.92 Å². The number of rotatable bonds is 18. The molecule has 0 aromatic heterocycles. The van der Waals surface area contributed by atoms with Crippen molar-refractivity contribution in [1.82, 2.24) is 5.32 Å². The molecule has 6 aliphatic rings. The molecular weight excluding hydrogens is 968 g/mol. The Morgan fingerprint density at radius 1 is 0.479 bits per heavy atom. The fourth-order valence-corrected chi connectivity index (χ4v) is 9.22. The van der Waals surface area contributed by atoms with Crippen LogP contribution in [0.25, 0.3) is 0 Å². The van der Waals surface area contributed by atoms with Crippen molar-refractivity contribution in [3.8, 4) is 0 Å². The van der Waals surface area contributed by atoms with Crippen LogP contribution in [0.4, 0.5) is 0 Å². The molecule has 13 unspecified atom stereocenters. The van der Waals surface area contributed by atoms with Crippen molar-refractivity contribution in [2.75, 3.05) is 33.5 Å². The highest BCUT2D eigenvalue weighted by molar-refractivity contribution is 5.79. The second-order valence-electron chi connectivity index (χ2n) is 18.7. The molecule has 6 aliphatic heterocycles. The van der Waals surface area contributed by atoms with Crippen molar-refractivity contribution in [3.63, 3.8) is 0 Å². The third-order valence-corrected chi connectivity index (χ3v) is 13.8. The summed E-state index contributed by atoms with van der Waals surface area (Å²) in [6.07, 6.45) is -47.8. The topological polar surface area (TPSA) is 469 Å². The number of primary amides is 1. The molecule has 6 rings (SSSR count). The number of aliphatic hydroxyl groups excluding tert-OH is 15. The van der Waals surface area contributed by atoms with E-state index in [2.05, 4.69) is 5.32 Å². The van der Waals surface area contributed by atoms with Crippen molar-refractivity contribution in [2.45, 2.75) is 212 Å². The number of aliphatic hydroxyl groups is 15. The largest absolute Gasteiger partial charge is 0.394 e. The van der Waals surface area contributed by atoms with Gasteiger partial charge in [0, 0.05) is 13.0 Å². The Morgan fingerprint density at radius 3 is 1.48 bits per heavy atom. The zero-order valence-corrected chi connectivity index (χ0v) is 39.3. The lowest BCUT2D eigenvalue weighted by Crippen LogP contribution is -2.71. The zero-order chi connectivity index (χ0) is 52.5. The average Bonchev–Trinajstić information content (AvgIpc) is 3.34. The molecule has 0 bridgehead atoms. The summed E-state index contributed by atoms with van der Waals surface area (Å²) in [5.74, 6) is -1.81. The van der Waals surface area contributed by atoms with Gasteiger partial charge in [-0.15, -0.1) is 0 Å². The number of ether oxygens (including phenoxy) is 12. The number of nitrogens with one attached hydrogen (secondary N) is 1. The number of hydrogen-bond donors (Lipinski definition) is 17. The highest BCUT2D eigenvalue weighted by atomic mass is 16.8. The zero-order valence-electron chi connectivity index (χ0n) is 39.3. The third kappa shape index (κ3) is 12.5. The number of nitrogens with two attached hydrogens (primary N) is 1. The Bertz CT molecular complexity index is 1660. The summed E-state index contributed by atoms with van der Waals surface area (Å²) in [7, 11) is 1.18. The first-order chi connectivity index (χ1) is 33.5. The van der Waals surface area contributed by atoms with Crippen LogP contribution in [0.3, 0.4) is 0 Å². The summed E-state index contributed by atoms with van der Waals surface area (Å²) in [6.45, 7) is 2.22. The van der Waals surface area contributed by atoms with E-state index in [1.165, 1.54) is 34.8 Å². The summed E-state index contributed by atoms with van der Waals surface area (Å²) in [4.78, 5) is 12.5. The van der Waals surface area contributed by atoms with Gasteiger partial charge in [0.1, 0.15) is 116 Å². The molecule has 6 fully saturated rings. The molecular formula is C41H72N2O28. The van der Waals surface area contributed by atoms with Gasteiger partial charge in [-0.25, -0.2) is 0 Å². The molecule has 6 heterocycles. The Labute approximate surface area is 406 Å². The molecule has 30 heteroatoms. The van der Waals surface area contributed by atoms with Crippen molar-refractivity contribution in [3.05, 3.63) is 0 Å². The number of carbonyl (C=O) groups is 1. The van der Waals surface area contributed by atoms with Gasteiger partial charge in [0.15, 0.2) is 37.7 Å². The van der Waals surface area contributed by atoms with E-state index in [1.54, 1.807) is 0 Å². The van der Waals surface area contributed by atoms with Gasteiger partial charge >= 0.3 is 0 Å². The molecule has 31 atom stereocenters. The van der Waals surface area contributed by atoms with Gasteiger partial charge < -0.3 is 139 Å². The van der Waals surface area contributed by atoms with Crippen molar-refractivity contribution in [1.29, 1.82) is 0 Å². The second kappa shape index (κ2) is 25.0. The van der Waals surface area contributed by atoms with Gasteiger partial charge in [0.2, 0.25) is 5.91 Å². The first-order valence-electron chi connectivity index (χ1n) is 23.2. The maximum Gasteiger partial charge on any atom is 0.234 e. The first-order valence-corrected chi connectivity index (χ1v) is 23.2. The molecule has 0 saturated carbocycles. The summed E-state index contributed by atoms with van der Waals surface area (Å²) in [6, 6.07) is -2.67. The number of amides is 1. The highest BCUT2D eigenvalue weighted by Crippen LogP contribution is 2.38. The number of carbonyl (C=O) groups excluding carboxylic acids is 1. The van der Waals surface area contributed by atoms with Gasteiger partial charge in [-0.2, -0.15) is 0 Å². The second-order valence-corrected chi connectivity index (χ2v) is 18.7. The summed E-state index contributed by atoms with van der Waals surface area (Å²) >= 11 is 0. The minimum atomic E-state index is -2.19. The predicted molar refractivity (Wildman–Crippen MR) is 224 cm³/mol. The lowest BCUT2D eigenvalue weighted by atomic mass is 9.92. The van der Waals surface area contributed by atoms with Gasteiger partial charge in [0.25, 0.3) is 0 Å². The van der Waals surface area contributed by atoms with Gasteiger partial charge in [-0.3, -0.25) is 10.1 Å². The lowest BCUT2D eigenvalue weighted by molar-refractivity contribution is -0.393. The van der Waals surface area contributed by atoms with E-state index >= 15 is 0 Å². The Hall–Kier alpha value is -1.65. The maximum atomic E-state index is 12.5. The number of hydrogen-bond acceptors (Lipinski definition) is 29. The quantitative estimate of drug-likeness (QED) is 0.0606. The molecule has 30 nitrogen and oxygen atoms in total. The first kappa shape index (κ1) is 58.6. The fourth-order valence-electron chi connectivity index (χ4n) is 9.22. The Kier molecular flexibility index (Phi) is 20.6. The normalized spacial score (nSPS) is 51.4. The smallest absolute Gasteiger partial charge is 0.234 e. The van der Waals surface area contributed by atoms with E-state index in [0.29, 0.717) is 0 Å². The van der Waals surface area contributed by atoms with E-state index in [9.17, 15) is 81.4 Å². The van der Waals surface area contributed by atoms with Crippen molar-refractivity contribution < 1.29 is 138 Å². The number of methoxy groups -OCH3 is 1. The molecule has 0 aromatic carbocycles. The summed E-state index contributed by atoms with van der Waals surface area (Å²) < 4.78 is 70.6. The van der Waals surface area contributed by atoms with E-state index in [1.807, 2.05) is 0 Å². The molecule has 6 saturated heterocycles. The minimum absolute atomic E-state index is 0.835. The Balaban J connectivity index is 1.35. The maximum absolute atomic E-state index is 12.5. The molecule has 0 radical (unpaired) electrons. The van der Waals surface area contributed by atoms with Crippen molar-refractivity contribution in [2.24, 2.45) is 11.7 Å². The van der Waals surface area contributed by atoms with Crippen LogP contribution < -0.4 is 11.1 Å². The molecule has 18 N–H and O–H groups in total. The van der Waals surface area contributed by atoms with Crippen LogP contribution in [0.1, 0.15) is 27.7 Å². The molecule has 414 valence electrons. The third-order valence-electron chi connectivity index (χ3n) is 13.8. The van der Waals surface area contributed by atoms with E-state index in [-0.39, 0.29) is 0 Å². The summed E-state index contributed by atoms with van der Waals surface area (Å²) in [5, 5.41) is 165. The van der Waals surface area contributed by atoms with Crippen LogP contribution in [-0.4, -0.2) is 300 Å². The van der Waals surface area contributed by atoms with Crippen LogP contribution in [0.2, 0.25) is 0 Å². The Morgan fingerprint density at radius 2 is 0.915 bits per heavy atom. The molecule has 0 aliphatic carbocycles. The monoisotopic (exact) mass is 1040 g/mol. The van der Waals surface area contributed by atoms with Gasteiger partial charge in [-0.05, 0) is 20.8 Å².